The van der Waals surface area contributed by atoms with E-state index in [2.05, 4.69) is 10.0 Å². The number of amides is 2. The topological polar surface area (TPSA) is 116 Å². The smallest absolute Gasteiger partial charge is 0.317 e. The number of likely N-dealkylation sites (tertiary alicyclic amines) is 1. The summed E-state index contributed by atoms with van der Waals surface area (Å²) in [5, 5.41) is 11.2. The van der Waals surface area contributed by atoms with Gasteiger partial charge in [-0.1, -0.05) is 6.92 Å². The second-order valence-corrected chi connectivity index (χ2v) is 6.67. The molecular formula is C11H21N3O5S. The molecule has 3 N–H and O–H groups in total. The minimum Gasteiger partial charge on any atom is -0.481 e. The maximum atomic E-state index is 11.8. The van der Waals surface area contributed by atoms with E-state index >= 15 is 0 Å². The molecule has 9 heteroatoms. The SMILES string of the molecule is CCNS(=O)(=O)CCNC(=O)N1CCC(CC(=O)O)C1. The summed E-state index contributed by atoms with van der Waals surface area (Å²) in [6.07, 6.45) is 0.716. The molecule has 8 nitrogen and oxygen atoms in total. The highest BCUT2D eigenvalue weighted by Crippen LogP contribution is 2.19. The molecule has 0 saturated carbocycles. The highest BCUT2D eigenvalue weighted by atomic mass is 32.2. The van der Waals surface area contributed by atoms with Crippen molar-refractivity contribution in [2.45, 2.75) is 19.8 Å². The van der Waals surface area contributed by atoms with Crippen molar-refractivity contribution in [2.24, 2.45) is 5.92 Å². The lowest BCUT2D eigenvalue weighted by molar-refractivity contribution is -0.138. The fourth-order valence-corrected chi connectivity index (χ4v) is 3.08. The molecule has 1 aliphatic rings. The Kier molecular flexibility index (Phi) is 6.21. The highest BCUT2D eigenvalue weighted by molar-refractivity contribution is 7.89. The predicted molar refractivity (Wildman–Crippen MR) is 72.8 cm³/mol. The van der Waals surface area contributed by atoms with Crippen LogP contribution in [0.5, 0.6) is 0 Å². The molecule has 1 rings (SSSR count). The van der Waals surface area contributed by atoms with Crippen LogP contribution in [0.15, 0.2) is 0 Å². The van der Waals surface area contributed by atoms with Crippen LogP contribution >= 0.6 is 0 Å². The number of nitrogens with one attached hydrogen (secondary N) is 2. The Morgan fingerprint density at radius 3 is 2.70 bits per heavy atom. The predicted octanol–water partition coefficient (Wildman–Crippen LogP) is -0.568. The molecule has 1 saturated heterocycles. The number of rotatable bonds is 7. The van der Waals surface area contributed by atoms with Crippen molar-refractivity contribution in [1.29, 1.82) is 0 Å². The minimum absolute atomic E-state index is 0.0243. The molecule has 1 atom stereocenters. The Balaban J connectivity index is 2.29. The van der Waals surface area contributed by atoms with Crippen LogP contribution in [0.4, 0.5) is 4.79 Å². The standard InChI is InChI=1S/C11H21N3O5S/c1-2-13-20(18,19)6-4-12-11(17)14-5-3-9(8-14)7-10(15)16/h9,13H,2-8H2,1H3,(H,12,17)(H,15,16). The monoisotopic (exact) mass is 307 g/mol. The van der Waals surface area contributed by atoms with Gasteiger partial charge in [-0.3, -0.25) is 4.79 Å². The molecule has 0 bridgehead atoms. The normalized spacial score (nSPS) is 19.1. The van der Waals surface area contributed by atoms with Gasteiger partial charge in [-0.05, 0) is 12.3 Å². The van der Waals surface area contributed by atoms with E-state index in [4.69, 9.17) is 5.11 Å². The van der Waals surface area contributed by atoms with Gasteiger partial charge in [0.05, 0.1) is 5.75 Å². The van der Waals surface area contributed by atoms with E-state index in [0.29, 0.717) is 26.1 Å². The Morgan fingerprint density at radius 1 is 1.40 bits per heavy atom. The zero-order valence-corrected chi connectivity index (χ0v) is 12.3. The van der Waals surface area contributed by atoms with Crippen LogP contribution in [-0.4, -0.2) is 62.4 Å². The maximum Gasteiger partial charge on any atom is 0.317 e. The second kappa shape index (κ2) is 7.44. The first-order chi connectivity index (χ1) is 9.34. The first-order valence-corrected chi connectivity index (χ1v) is 8.21. The van der Waals surface area contributed by atoms with E-state index in [1.54, 1.807) is 6.92 Å². The third-order valence-electron chi connectivity index (χ3n) is 3.05. The fraction of sp³-hybridized carbons (Fsp3) is 0.818. The van der Waals surface area contributed by atoms with Crippen molar-refractivity contribution >= 4 is 22.0 Å². The van der Waals surface area contributed by atoms with Crippen molar-refractivity contribution in [3.05, 3.63) is 0 Å². The second-order valence-electron chi connectivity index (χ2n) is 4.75. The molecule has 1 unspecified atom stereocenters. The number of carbonyl (C=O) groups is 2. The summed E-state index contributed by atoms with van der Waals surface area (Å²) in [6.45, 7) is 2.94. The quantitative estimate of drug-likeness (QED) is 0.582. The maximum absolute atomic E-state index is 11.8. The summed E-state index contributed by atoms with van der Waals surface area (Å²) in [5.41, 5.74) is 0. The number of hydrogen-bond donors (Lipinski definition) is 3. The summed E-state index contributed by atoms with van der Waals surface area (Å²) in [4.78, 5) is 23.9. The minimum atomic E-state index is -3.34. The first-order valence-electron chi connectivity index (χ1n) is 6.56. The van der Waals surface area contributed by atoms with Crippen molar-refractivity contribution in [2.75, 3.05) is 31.9 Å². The van der Waals surface area contributed by atoms with Crippen LogP contribution in [0.2, 0.25) is 0 Å². The molecule has 0 spiro atoms. The van der Waals surface area contributed by atoms with Gasteiger partial charge in [0.2, 0.25) is 10.0 Å². The molecule has 1 fully saturated rings. The van der Waals surface area contributed by atoms with Gasteiger partial charge in [-0.25, -0.2) is 17.9 Å². The number of carboxylic acids is 1. The number of carbonyl (C=O) groups excluding carboxylic acids is 1. The van der Waals surface area contributed by atoms with Gasteiger partial charge in [-0.2, -0.15) is 0 Å². The highest BCUT2D eigenvalue weighted by Gasteiger charge is 2.27. The van der Waals surface area contributed by atoms with Gasteiger partial charge in [0.25, 0.3) is 0 Å². The molecule has 20 heavy (non-hydrogen) atoms. The lowest BCUT2D eigenvalue weighted by Gasteiger charge is -2.17. The molecule has 0 radical (unpaired) electrons. The van der Waals surface area contributed by atoms with E-state index in [1.165, 1.54) is 4.90 Å². The largest absolute Gasteiger partial charge is 0.481 e. The average molecular weight is 307 g/mol. The summed E-state index contributed by atoms with van der Waals surface area (Å²) in [7, 11) is -3.34. The van der Waals surface area contributed by atoms with Crippen LogP contribution in [0.25, 0.3) is 0 Å². The van der Waals surface area contributed by atoms with E-state index in [-0.39, 0.29) is 30.7 Å². The van der Waals surface area contributed by atoms with E-state index in [1.807, 2.05) is 0 Å². The molecule has 0 aliphatic carbocycles. The molecule has 1 aliphatic heterocycles. The van der Waals surface area contributed by atoms with Gasteiger partial charge in [0, 0.05) is 32.6 Å². The summed E-state index contributed by atoms with van der Waals surface area (Å²) in [6, 6.07) is -0.343. The number of hydrogen-bond acceptors (Lipinski definition) is 4. The third kappa shape index (κ3) is 5.74. The number of urea groups is 1. The van der Waals surface area contributed by atoms with E-state index in [0.717, 1.165) is 0 Å². The lowest BCUT2D eigenvalue weighted by Crippen LogP contribution is -2.41. The lowest BCUT2D eigenvalue weighted by atomic mass is 10.1. The molecule has 0 aromatic heterocycles. The van der Waals surface area contributed by atoms with Gasteiger partial charge >= 0.3 is 12.0 Å². The van der Waals surface area contributed by atoms with Crippen LogP contribution in [0, 0.1) is 5.92 Å². The van der Waals surface area contributed by atoms with Crippen LogP contribution in [-0.2, 0) is 14.8 Å². The zero-order chi connectivity index (χ0) is 15.2. The third-order valence-corrected chi connectivity index (χ3v) is 4.52. The Hall–Kier alpha value is -1.35. The van der Waals surface area contributed by atoms with Gasteiger partial charge in [0.1, 0.15) is 0 Å². The Bertz CT molecular complexity index is 451. The molecule has 0 aromatic carbocycles. The number of carboxylic acid groups (broad SMARTS) is 1. The van der Waals surface area contributed by atoms with Crippen molar-refractivity contribution in [3.63, 3.8) is 0 Å². The van der Waals surface area contributed by atoms with E-state index < -0.39 is 16.0 Å². The number of sulfonamides is 1. The Labute approximate surface area is 118 Å². The molecule has 116 valence electrons. The summed E-state index contributed by atoms with van der Waals surface area (Å²) < 4.78 is 25.1. The molecule has 1 heterocycles. The number of nitrogens with zero attached hydrogens (tertiary/aromatic N) is 1. The van der Waals surface area contributed by atoms with E-state index in [9.17, 15) is 18.0 Å². The summed E-state index contributed by atoms with van der Waals surface area (Å²) in [5.74, 6) is -1.06. The number of aliphatic carboxylic acids is 1. The average Bonchev–Trinajstić information content (AvgIpc) is 2.76. The molecule has 2 amide bonds. The first kappa shape index (κ1) is 16.7. The van der Waals surface area contributed by atoms with Crippen LogP contribution in [0.1, 0.15) is 19.8 Å². The fourth-order valence-electron chi connectivity index (χ4n) is 2.13. The van der Waals surface area contributed by atoms with Crippen molar-refractivity contribution < 1.29 is 23.1 Å². The Morgan fingerprint density at radius 2 is 2.10 bits per heavy atom. The van der Waals surface area contributed by atoms with Crippen molar-refractivity contribution in [3.8, 4) is 0 Å². The summed E-state index contributed by atoms with van der Waals surface area (Å²) >= 11 is 0. The zero-order valence-electron chi connectivity index (χ0n) is 11.5. The van der Waals surface area contributed by atoms with Gasteiger partial charge in [0.15, 0.2) is 0 Å². The van der Waals surface area contributed by atoms with Crippen LogP contribution < -0.4 is 10.0 Å². The molecular weight excluding hydrogens is 286 g/mol. The van der Waals surface area contributed by atoms with Crippen molar-refractivity contribution in [1.82, 2.24) is 14.9 Å². The molecule has 0 aromatic rings. The van der Waals surface area contributed by atoms with Gasteiger partial charge < -0.3 is 15.3 Å². The van der Waals surface area contributed by atoms with Crippen LogP contribution in [0.3, 0.4) is 0 Å². The van der Waals surface area contributed by atoms with Gasteiger partial charge in [-0.15, -0.1) is 0 Å².